The molecule has 2 fully saturated rings. The highest BCUT2D eigenvalue weighted by Gasteiger charge is 2.38. The van der Waals surface area contributed by atoms with Crippen molar-refractivity contribution in [2.45, 2.75) is 74.5 Å². The molecule has 0 spiro atoms. The molecule has 2 atom stereocenters. The Labute approximate surface area is 188 Å². The summed E-state index contributed by atoms with van der Waals surface area (Å²) in [6.45, 7) is 0.554. The molecule has 164 valence electrons. The van der Waals surface area contributed by atoms with Gasteiger partial charge in [0.15, 0.2) is 0 Å². The van der Waals surface area contributed by atoms with Gasteiger partial charge in [-0.05, 0) is 28.2 Å². The van der Waals surface area contributed by atoms with E-state index in [1.54, 1.807) is 6.20 Å². The second kappa shape index (κ2) is 11.6. The minimum absolute atomic E-state index is 0.332. The van der Waals surface area contributed by atoms with E-state index < -0.39 is 11.4 Å². The molecule has 1 aromatic heterocycles. The maximum absolute atomic E-state index is 12.4. The monoisotopic (exact) mass is 446 g/mol. The van der Waals surface area contributed by atoms with E-state index in [9.17, 15) is 4.55 Å². The molecular weight excluding hydrogens is 412 g/mol. The molecule has 0 amide bonds. The largest absolute Gasteiger partial charge is 0.589 e. The van der Waals surface area contributed by atoms with Crippen LogP contribution in [0.5, 0.6) is 0 Å². The fraction of sp³-hybridized carbons (Fsp3) is 0.625. The fourth-order valence-corrected chi connectivity index (χ4v) is 7.11. The first-order valence-electron chi connectivity index (χ1n) is 11.6. The average Bonchev–Trinajstić information content (AvgIpc) is 3.35. The van der Waals surface area contributed by atoms with Gasteiger partial charge in [0.05, 0.1) is 6.61 Å². The minimum Gasteiger partial charge on any atom is -0.589 e. The van der Waals surface area contributed by atoms with Gasteiger partial charge < -0.3 is 4.55 Å². The lowest BCUT2D eigenvalue weighted by atomic mass is 9.63. The van der Waals surface area contributed by atoms with E-state index in [1.165, 1.54) is 81.1 Å². The summed E-state index contributed by atoms with van der Waals surface area (Å²) in [4.78, 5) is 12.8. The van der Waals surface area contributed by atoms with Gasteiger partial charge in [0.2, 0.25) is 0 Å². The number of aromatic nitrogens is 1. The number of rotatable bonds is 9. The lowest BCUT2D eigenvalue weighted by molar-refractivity contribution is 0.0305. The van der Waals surface area contributed by atoms with Crippen molar-refractivity contribution >= 4 is 22.7 Å². The van der Waals surface area contributed by atoms with E-state index >= 15 is 0 Å². The van der Waals surface area contributed by atoms with Gasteiger partial charge in [-0.1, -0.05) is 106 Å². The average molecular weight is 447 g/mol. The van der Waals surface area contributed by atoms with E-state index in [0.717, 1.165) is 11.8 Å². The molecule has 2 saturated carbocycles. The molecule has 0 aliphatic heterocycles. The van der Waals surface area contributed by atoms with Gasteiger partial charge in [-0.3, -0.25) is 4.84 Å². The summed E-state index contributed by atoms with van der Waals surface area (Å²) in [6.07, 6.45) is 15.3. The number of nitrogens with zero attached hydrogens (tertiary/aromatic N) is 1. The van der Waals surface area contributed by atoms with E-state index in [2.05, 4.69) is 40.2 Å². The van der Waals surface area contributed by atoms with Crippen LogP contribution < -0.4 is 4.89 Å². The molecule has 2 aliphatic rings. The fourth-order valence-electron chi connectivity index (χ4n) is 5.72. The maximum Gasteiger partial charge on any atom is 0.325 e. The molecule has 6 heteroatoms. The van der Waals surface area contributed by atoms with E-state index in [1.807, 2.05) is 5.38 Å². The molecule has 1 heterocycles. The van der Waals surface area contributed by atoms with Crippen LogP contribution in [0.25, 0.3) is 0 Å². The van der Waals surface area contributed by atoms with Crippen LogP contribution in [-0.2, 0) is 16.2 Å². The second-order valence-electron chi connectivity index (χ2n) is 8.85. The third-order valence-electron chi connectivity index (χ3n) is 7.05. The zero-order valence-electron chi connectivity index (χ0n) is 17.7. The lowest BCUT2D eigenvalue weighted by Gasteiger charge is -2.42. The molecule has 1 aromatic carbocycles. The Morgan fingerprint density at radius 1 is 1.00 bits per heavy atom. The first-order valence-corrected chi connectivity index (χ1v) is 13.6. The van der Waals surface area contributed by atoms with Crippen molar-refractivity contribution in [3.8, 4) is 0 Å². The molecule has 4 rings (SSSR count). The van der Waals surface area contributed by atoms with Crippen LogP contribution in [0.3, 0.4) is 0 Å². The van der Waals surface area contributed by atoms with Crippen LogP contribution in [0.4, 0.5) is 0 Å². The summed E-state index contributed by atoms with van der Waals surface area (Å²) in [5.41, 5.74) is 1.36. The maximum atomic E-state index is 12.4. The van der Waals surface area contributed by atoms with Crippen molar-refractivity contribution in [3.63, 3.8) is 0 Å². The normalized spacial score (nSPS) is 21.0. The summed E-state index contributed by atoms with van der Waals surface area (Å²) in [7, 11) is 0. The zero-order chi connectivity index (χ0) is 20.6. The molecule has 0 radical (unpaired) electrons. The third-order valence-corrected chi connectivity index (χ3v) is 9.05. The number of nitrogens with one attached hydrogen (secondary N) is 1. The molecule has 4 nitrogen and oxygen atoms in total. The van der Waals surface area contributed by atoms with Crippen molar-refractivity contribution < 1.29 is 9.39 Å². The van der Waals surface area contributed by atoms with Crippen LogP contribution in [-0.4, -0.2) is 16.1 Å². The molecule has 0 saturated heterocycles. The molecule has 2 aliphatic carbocycles. The molecular formula is C24H34N2O2S2. The van der Waals surface area contributed by atoms with Crippen LogP contribution in [0, 0.1) is 17.8 Å². The number of hydrogen-bond donors (Lipinski definition) is 1. The van der Waals surface area contributed by atoms with Gasteiger partial charge in [0, 0.05) is 17.5 Å². The topological polar surface area (TPSA) is 57.2 Å². The summed E-state index contributed by atoms with van der Waals surface area (Å²) in [5, 5.41) is 1.84. The van der Waals surface area contributed by atoms with Crippen LogP contribution >= 0.6 is 11.3 Å². The first-order chi connectivity index (χ1) is 14.8. The highest BCUT2D eigenvalue weighted by Crippen LogP contribution is 2.46. The summed E-state index contributed by atoms with van der Waals surface area (Å²) in [6, 6.07) is 10.9. The lowest BCUT2D eigenvalue weighted by Crippen LogP contribution is -2.36. The van der Waals surface area contributed by atoms with Gasteiger partial charge in [0.25, 0.3) is 0 Å². The first kappa shape index (κ1) is 22.3. The Morgan fingerprint density at radius 2 is 1.63 bits per heavy atom. The molecule has 0 bridgehead atoms. The van der Waals surface area contributed by atoms with Crippen molar-refractivity contribution in [2.24, 2.45) is 17.8 Å². The van der Waals surface area contributed by atoms with Crippen molar-refractivity contribution in [2.75, 3.05) is 6.61 Å². The molecule has 2 aromatic rings. The van der Waals surface area contributed by atoms with E-state index in [4.69, 9.17) is 4.84 Å². The van der Waals surface area contributed by atoms with Gasteiger partial charge in [-0.15, -0.1) is 0 Å². The predicted molar refractivity (Wildman–Crippen MR) is 123 cm³/mol. The second-order valence-corrected chi connectivity index (χ2v) is 11.1. The van der Waals surface area contributed by atoms with Gasteiger partial charge in [-0.2, -0.15) is 4.98 Å². The van der Waals surface area contributed by atoms with Gasteiger partial charge in [-0.25, -0.2) is 0 Å². The van der Waals surface area contributed by atoms with Crippen molar-refractivity contribution in [3.05, 3.63) is 47.5 Å². The number of thiazole rings is 1. The number of benzene rings is 1. The standard InChI is InChI=1S/C24H34N2O2S2/c27-30(24-25-16-17-29-24)26-28-18-22(19-10-4-1-5-11-19)23(20-12-6-2-7-13-20)21-14-8-3-9-15-21/h1,4-5,10-11,16-17,20-23,26H,2-3,6-9,12-15,18H2. The SMILES string of the molecule is [O-][S+](NOCC(c1ccccc1)C(C1CCCCC1)C1CCCCC1)c1nccs1. The smallest absolute Gasteiger partial charge is 0.325 e. The van der Waals surface area contributed by atoms with Crippen LogP contribution in [0.2, 0.25) is 0 Å². The highest BCUT2D eigenvalue weighted by atomic mass is 32.2. The highest BCUT2D eigenvalue weighted by molar-refractivity contribution is 7.91. The Morgan fingerprint density at radius 3 is 2.20 bits per heavy atom. The van der Waals surface area contributed by atoms with Gasteiger partial charge >= 0.3 is 4.34 Å². The Hall–Kier alpha value is -0.920. The van der Waals surface area contributed by atoms with E-state index in [-0.39, 0.29) is 0 Å². The van der Waals surface area contributed by atoms with Crippen LogP contribution in [0.1, 0.15) is 75.7 Å². The van der Waals surface area contributed by atoms with E-state index in [0.29, 0.717) is 22.8 Å². The third kappa shape index (κ3) is 5.86. The zero-order valence-corrected chi connectivity index (χ0v) is 19.3. The van der Waals surface area contributed by atoms with Gasteiger partial charge in [0.1, 0.15) is 11.4 Å². The Balaban J connectivity index is 1.52. The molecule has 30 heavy (non-hydrogen) atoms. The minimum atomic E-state index is -1.41. The summed E-state index contributed by atoms with van der Waals surface area (Å²) in [5.74, 6) is 2.53. The van der Waals surface area contributed by atoms with Crippen molar-refractivity contribution in [1.82, 2.24) is 9.87 Å². The predicted octanol–water partition coefficient (Wildman–Crippen LogP) is 6.25. The quantitative estimate of drug-likeness (QED) is 0.365. The van der Waals surface area contributed by atoms with Crippen LogP contribution in [0.15, 0.2) is 46.2 Å². The van der Waals surface area contributed by atoms with Crippen molar-refractivity contribution in [1.29, 1.82) is 0 Å². The molecule has 2 unspecified atom stereocenters. The Bertz CT molecular complexity index is 698. The number of hydrogen-bond acceptors (Lipinski definition) is 5. The molecule has 1 N–H and O–H groups in total. The Kier molecular flexibility index (Phi) is 8.64. The summed E-state index contributed by atoms with van der Waals surface area (Å²) < 4.78 is 13.0. The summed E-state index contributed by atoms with van der Waals surface area (Å²) >= 11 is -0.0284.